The smallest absolute Gasteiger partial charge is 0.227 e. The Morgan fingerprint density at radius 2 is 1.82 bits per heavy atom. The standard InChI is InChI=1S/C23H17Cl2NO2/c1-14(17-8-5-9-18(24)22(17)25)20(27)12-15-10-11-19-21(13-15)28-23(26-19)16-6-3-2-4-7-16/h2-11,13-14H,12H2,1H3/t14-/m1/s1. The first kappa shape index (κ1) is 18.7. The van der Waals surface area contributed by atoms with Gasteiger partial charge < -0.3 is 4.42 Å². The van der Waals surface area contributed by atoms with Crippen LogP contribution in [0.25, 0.3) is 22.6 Å². The van der Waals surface area contributed by atoms with E-state index in [4.69, 9.17) is 27.6 Å². The zero-order valence-electron chi connectivity index (χ0n) is 15.2. The molecule has 1 atom stereocenters. The van der Waals surface area contributed by atoms with Crippen LogP contribution in [0.15, 0.2) is 71.1 Å². The number of rotatable bonds is 5. The molecule has 5 heteroatoms. The zero-order valence-corrected chi connectivity index (χ0v) is 16.7. The quantitative estimate of drug-likeness (QED) is 0.367. The van der Waals surface area contributed by atoms with Gasteiger partial charge in [0.05, 0.1) is 10.0 Å². The molecule has 1 heterocycles. The lowest BCUT2D eigenvalue weighted by molar-refractivity contribution is -0.119. The minimum absolute atomic E-state index is 0.0614. The summed E-state index contributed by atoms with van der Waals surface area (Å²) in [6, 6.07) is 20.7. The van der Waals surface area contributed by atoms with Crippen molar-refractivity contribution in [3.8, 4) is 11.5 Å². The maximum absolute atomic E-state index is 12.8. The molecule has 0 saturated heterocycles. The summed E-state index contributed by atoms with van der Waals surface area (Å²) < 4.78 is 5.90. The van der Waals surface area contributed by atoms with Crippen molar-refractivity contribution in [1.82, 2.24) is 4.98 Å². The van der Waals surface area contributed by atoms with Crippen LogP contribution in [0.4, 0.5) is 0 Å². The van der Waals surface area contributed by atoms with E-state index in [-0.39, 0.29) is 18.1 Å². The van der Waals surface area contributed by atoms with Crippen LogP contribution in [-0.4, -0.2) is 10.8 Å². The third-order valence-electron chi connectivity index (χ3n) is 4.78. The largest absolute Gasteiger partial charge is 0.436 e. The van der Waals surface area contributed by atoms with Crippen molar-refractivity contribution < 1.29 is 9.21 Å². The highest BCUT2D eigenvalue weighted by Crippen LogP contribution is 2.32. The molecule has 0 saturated carbocycles. The molecule has 0 radical (unpaired) electrons. The first-order valence-electron chi connectivity index (χ1n) is 8.94. The van der Waals surface area contributed by atoms with Crippen molar-refractivity contribution >= 4 is 40.1 Å². The summed E-state index contributed by atoms with van der Waals surface area (Å²) >= 11 is 12.3. The second kappa shape index (κ2) is 7.78. The zero-order chi connectivity index (χ0) is 19.7. The summed E-state index contributed by atoms with van der Waals surface area (Å²) in [5.41, 5.74) is 3.96. The van der Waals surface area contributed by atoms with Gasteiger partial charge in [-0.2, -0.15) is 0 Å². The summed E-state index contributed by atoms with van der Waals surface area (Å²) in [7, 11) is 0. The molecule has 0 aliphatic heterocycles. The minimum Gasteiger partial charge on any atom is -0.436 e. The van der Waals surface area contributed by atoms with Crippen LogP contribution < -0.4 is 0 Å². The first-order valence-corrected chi connectivity index (χ1v) is 9.70. The van der Waals surface area contributed by atoms with Crippen molar-refractivity contribution in [2.45, 2.75) is 19.3 Å². The van der Waals surface area contributed by atoms with E-state index < -0.39 is 0 Å². The predicted octanol–water partition coefficient (Wildman–Crippen LogP) is 6.72. The molecule has 0 aliphatic rings. The second-order valence-electron chi connectivity index (χ2n) is 6.69. The summed E-state index contributed by atoms with van der Waals surface area (Å²) in [6.07, 6.45) is 0.279. The molecule has 0 bridgehead atoms. The first-order chi connectivity index (χ1) is 13.5. The fraction of sp³-hybridized carbons (Fsp3) is 0.130. The van der Waals surface area contributed by atoms with E-state index in [0.29, 0.717) is 21.5 Å². The Morgan fingerprint density at radius 3 is 2.61 bits per heavy atom. The molecule has 140 valence electrons. The van der Waals surface area contributed by atoms with Crippen molar-refractivity contribution in [2.24, 2.45) is 0 Å². The van der Waals surface area contributed by atoms with Gasteiger partial charge in [0.2, 0.25) is 5.89 Å². The molecule has 0 spiro atoms. The van der Waals surface area contributed by atoms with E-state index in [9.17, 15) is 4.79 Å². The molecule has 3 nitrogen and oxygen atoms in total. The van der Waals surface area contributed by atoms with Gasteiger partial charge in [0, 0.05) is 17.9 Å². The molecule has 3 aromatic carbocycles. The lowest BCUT2D eigenvalue weighted by Crippen LogP contribution is -2.12. The normalized spacial score (nSPS) is 12.2. The van der Waals surface area contributed by atoms with Crippen molar-refractivity contribution in [2.75, 3.05) is 0 Å². The number of fused-ring (bicyclic) bond motifs is 1. The van der Waals surface area contributed by atoms with Crippen molar-refractivity contribution in [1.29, 1.82) is 0 Å². The molecular weight excluding hydrogens is 393 g/mol. The molecule has 0 aliphatic carbocycles. The lowest BCUT2D eigenvalue weighted by atomic mass is 9.92. The van der Waals surface area contributed by atoms with E-state index in [2.05, 4.69) is 4.98 Å². The molecule has 0 amide bonds. The summed E-state index contributed by atoms with van der Waals surface area (Å²) in [6.45, 7) is 1.85. The molecule has 0 unspecified atom stereocenters. The van der Waals surface area contributed by atoms with E-state index in [1.165, 1.54) is 0 Å². The summed E-state index contributed by atoms with van der Waals surface area (Å²) in [5, 5.41) is 0.888. The highest BCUT2D eigenvalue weighted by Gasteiger charge is 2.20. The fourth-order valence-corrected chi connectivity index (χ4v) is 3.64. The SMILES string of the molecule is C[C@@H](C(=O)Cc1ccc2nc(-c3ccccc3)oc2c1)c1cccc(Cl)c1Cl. The predicted molar refractivity (Wildman–Crippen MR) is 113 cm³/mol. The number of halogens is 2. The monoisotopic (exact) mass is 409 g/mol. The van der Waals surface area contributed by atoms with E-state index >= 15 is 0 Å². The van der Waals surface area contributed by atoms with E-state index in [0.717, 1.165) is 22.2 Å². The number of oxazole rings is 1. The molecule has 0 N–H and O–H groups in total. The molecule has 1 aromatic heterocycles. The van der Waals surface area contributed by atoms with Gasteiger partial charge in [-0.05, 0) is 41.5 Å². The highest BCUT2D eigenvalue weighted by molar-refractivity contribution is 6.42. The minimum atomic E-state index is -0.350. The van der Waals surface area contributed by atoms with Crippen LogP contribution in [0, 0.1) is 0 Å². The van der Waals surface area contributed by atoms with Gasteiger partial charge in [0.15, 0.2) is 5.58 Å². The number of ketones is 1. The Hall–Kier alpha value is -2.62. The number of hydrogen-bond acceptors (Lipinski definition) is 3. The Bertz CT molecular complexity index is 1150. The van der Waals surface area contributed by atoms with Crippen LogP contribution in [0.1, 0.15) is 24.0 Å². The van der Waals surface area contributed by atoms with E-state index in [1.54, 1.807) is 12.1 Å². The van der Waals surface area contributed by atoms with Gasteiger partial charge in [0.25, 0.3) is 0 Å². The Morgan fingerprint density at radius 1 is 1.04 bits per heavy atom. The number of Topliss-reactive ketones (excluding diaryl/α,β-unsaturated/α-hetero) is 1. The molecule has 0 fully saturated rings. The number of aromatic nitrogens is 1. The lowest BCUT2D eigenvalue weighted by Gasteiger charge is -2.13. The summed E-state index contributed by atoms with van der Waals surface area (Å²) in [5.74, 6) is 0.279. The van der Waals surface area contributed by atoms with Crippen molar-refractivity contribution in [3.63, 3.8) is 0 Å². The van der Waals surface area contributed by atoms with Gasteiger partial charge >= 0.3 is 0 Å². The van der Waals surface area contributed by atoms with Crippen LogP contribution in [0.3, 0.4) is 0 Å². The third kappa shape index (κ3) is 3.68. The number of carbonyl (C=O) groups excluding carboxylic acids is 1. The van der Waals surface area contributed by atoms with Crippen LogP contribution in [0.5, 0.6) is 0 Å². The van der Waals surface area contributed by atoms with Gasteiger partial charge in [-0.15, -0.1) is 0 Å². The average molecular weight is 410 g/mol. The number of hydrogen-bond donors (Lipinski definition) is 0. The van der Waals surface area contributed by atoms with Gasteiger partial charge in [-0.3, -0.25) is 4.79 Å². The topological polar surface area (TPSA) is 43.1 Å². The number of nitrogens with zero attached hydrogens (tertiary/aromatic N) is 1. The maximum atomic E-state index is 12.8. The summed E-state index contributed by atoms with van der Waals surface area (Å²) in [4.78, 5) is 17.3. The average Bonchev–Trinajstić information content (AvgIpc) is 3.13. The van der Waals surface area contributed by atoms with Crippen LogP contribution in [-0.2, 0) is 11.2 Å². The van der Waals surface area contributed by atoms with Crippen LogP contribution >= 0.6 is 23.2 Å². The van der Waals surface area contributed by atoms with Gasteiger partial charge in [-0.1, -0.05) is 66.5 Å². The number of benzene rings is 3. The van der Waals surface area contributed by atoms with E-state index in [1.807, 2.05) is 61.5 Å². The maximum Gasteiger partial charge on any atom is 0.227 e. The second-order valence-corrected chi connectivity index (χ2v) is 7.48. The van der Waals surface area contributed by atoms with Crippen LogP contribution in [0.2, 0.25) is 10.0 Å². The molecule has 28 heavy (non-hydrogen) atoms. The molecule has 4 aromatic rings. The Kier molecular flexibility index (Phi) is 5.21. The third-order valence-corrected chi connectivity index (χ3v) is 5.62. The van der Waals surface area contributed by atoms with Crippen molar-refractivity contribution in [3.05, 3.63) is 87.9 Å². The molecule has 4 rings (SSSR count). The fourth-order valence-electron chi connectivity index (χ4n) is 3.17. The Balaban J connectivity index is 1.57. The van der Waals surface area contributed by atoms with Gasteiger partial charge in [-0.25, -0.2) is 4.98 Å². The number of carbonyl (C=O) groups is 1. The highest BCUT2D eigenvalue weighted by atomic mass is 35.5. The van der Waals surface area contributed by atoms with Gasteiger partial charge in [0.1, 0.15) is 11.3 Å². The molecular formula is C23H17Cl2NO2. The Labute approximate surface area is 172 Å².